The number of rotatable bonds is 6. The number of nitrogens with one attached hydrogen (secondary N) is 1. The summed E-state index contributed by atoms with van der Waals surface area (Å²) in [4.78, 5) is 9.15. The third-order valence-corrected chi connectivity index (χ3v) is 4.32. The molecule has 25 heavy (non-hydrogen) atoms. The van der Waals surface area contributed by atoms with Crippen LogP contribution >= 0.6 is 0 Å². The minimum absolute atomic E-state index is 0.283. The van der Waals surface area contributed by atoms with Crippen LogP contribution in [0.1, 0.15) is 29.4 Å². The molecule has 1 saturated heterocycles. The summed E-state index contributed by atoms with van der Waals surface area (Å²) in [7, 11) is 1.65. The number of anilines is 1. The Morgan fingerprint density at radius 1 is 1.20 bits per heavy atom. The minimum atomic E-state index is 0.283. The average Bonchev–Trinajstić information content (AvgIpc) is 3.31. The number of nitrogens with zero attached hydrogens (tertiary/aromatic N) is 2. The fourth-order valence-corrected chi connectivity index (χ4v) is 3.02. The fourth-order valence-electron chi connectivity index (χ4n) is 3.02. The van der Waals surface area contributed by atoms with Gasteiger partial charge in [-0.05, 0) is 24.1 Å². The van der Waals surface area contributed by atoms with Gasteiger partial charge in [0.15, 0.2) is 17.3 Å². The summed E-state index contributed by atoms with van der Waals surface area (Å²) in [5.74, 6) is 3.37. The Labute approximate surface area is 146 Å². The van der Waals surface area contributed by atoms with Gasteiger partial charge < -0.3 is 24.3 Å². The molecule has 7 nitrogen and oxygen atoms in total. The highest BCUT2D eigenvalue weighted by Gasteiger charge is 2.21. The SMILES string of the molecule is COCc1nc(NCc2ccc3c(c2)OCO3)cc([C@H]2CCOC2)n1. The van der Waals surface area contributed by atoms with Gasteiger partial charge in [0.2, 0.25) is 6.79 Å². The van der Waals surface area contributed by atoms with E-state index in [1.807, 2.05) is 24.3 Å². The fraction of sp³-hybridized carbons (Fsp3) is 0.444. The number of fused-ring (bicyclic) bond motifs is 1. The van der Waals surface area contributed by atoms with Gasteiger partial charge in [0.05, 0.1) is 12.3 Å². The van der Waals surface area contributed by atoms with Crippen molar-refractivity contribution in [2.45, 2.75) is 25.5 Å². The molecule has 132 valence electrons. The van der Waals surface area contributed by atoms with Crippen LogP contribution in [0.4, 0.5) is 5.82 Å². The number of benzene rings is 1. The van der Waals surface area contributed by atoms with E-state index in [0.717, 1.165) is 41.6 Å². The Bertz CT molecular complexity index is 747. The van der Waals surface area contributed by atoms with Crippen LogP contribution in [-0.4, -0.2) is 37.1 Å². The van der Waals surface area contributed by atoms with Gasteiger partial charge in [0.25, 0.3) is 0 Å². The highest BCUT2D eigenvalue weighted by atomic mass is 16.7. The first-order chi connectivity index (χ1) is 12.3. The van der Waals surface area contributed by atoms with Crippen molar-refractivity contribution in [3.63, 3.8) is 0 Å². The maximum atomic E-state index is 5.49. The Hall–Kier alpha value is -2.38. The van der Waals surface area contributed by atoms with Crippen molar-refractivity contribution < 1.29 is 18.9 Å². The Morgan fingerprint density at radius 3 is 2.96 bits per heavy atom. The van der Waals surface area contributed by atoms with Crippen molar-refractivity contribution >= 4 is 5.82 Å². The molecule has 0 bridgehead atoms. The molecule has 2 aromatic rings. The van der Waals surface area contributed by atoms with Crippen LogP contribution in [0.5, 0.6) is 11.5 Å². The number of hydrogen-bond donors (Lipinski definition) is 1. The summed E-state index contributed by atoms with van der Waals surface area (Å²) in [5, 5.41) is 3.37. The molecule has 0 radical (unpaired) electrons. The summed E-state index contributed by atoms with van der Waals surface area (Å²) in [5.41, 5.74) is 2.11. The Kier molecular flexibility index (Phi) is 4.67. The molecule has 1 aromatic heterocycles. The molecular formula is C18H21N3O4. The zero-order valence-electron chi connectivity index (χ0n) is 14.2. The molecule has 3 heterocycles. The van der Waals surface area contributed by atoms with E-state index in [1.54, 1.807) is 7.11 Å². The van der Waals surface area contributed by atoms with E-state index < -0.39 is 0 Å². The van der Waals surface area contributed by atoms with Gasteiger partial charge >= 0.3 is 0 Å². The first-order valence-corrected chi connectivity index (χ1v) is 8.39. The maximum Gasteiger partial charge on any atom is 0.231 e. The smallest absolute Gasteiger partial charge is 0.231 e. The van der Waals surface area contributed by atoms with Crippen LogP contribution < -0.4 is 14.8 Å². The predicted molar refractivity (Wildman–Crippen MR) is 90.8 cm³/mol. The molecule has 0 saturated carbocycles. The molecule has 1 aromatic carbocycles. The quantitative estimate of drug-likeness (QED) is 0.863. The van der Waals surface area contributed by atoms with Crippen LogP contribution in [0.15, 0.2) is 24.3 Å². The van der Waals surface area contributed by atoms with E-state index in [4.69, 9.17) is 18.9 Å². The van der Waals surface area contributed by atoms with E-state index in [0.29, 0.717) is 31.5 Å². The predicted octanol–water partition coefficient (Wildman–Crippen LogP) is 2.47. The summed E-state index contributed by atoms with van der Waals surface area (Å²) in [6.07, 6.45) is 0.991. The topological polar surface area (TPSA) is 74.7 Å². The van der Waals surface area contributed by atoms with Gasteiger partial charge in [-0.25, -0.2) is 9.97 Å². The van der Waals surface area contributed by atoms with E-state index in [2.05, 4.69) is 15.3 Å². The summed E-state index contributed by atoms with van der Waals surface area (Å²) < 4.78 is 21.4. The highest BCUT2D eigenvalue weighted by Crippen LogP contribution is 2.32. The molecule has 2 aliphatic rings. The lowest BCUT2D eigenvalue weighted by molar-refractivity contribution is 0.174. The first-order valence-electron chi connectivity index (χ1n) is 8.39. The lowest BCUT2D eigenvalue weighted by Gasteiger charge is -2.13. The van der Waals surface area contributed by atoms with Crippen LogP contribution in [0, 0.1) is 0 Å². The molecule has 7 heteroatoms. The second kappa shape index (κ2) is 7.25. The van der Waals surface area contributed by atoms with E-state index in [-0.39, 0.29) is 6.79 Å². The van der Waals surface area contributed by atoms with Gasteiger partial charge in [0, 0.05) is 32.2 Å². The van der Waals surface area contributed by atoms with Gasteiger partial charge in [-0.2, -0.15) is 0 Å². The monoisotopic (exact) mass is 343 g/mol. The van der Waals surface area contributed by atoms with Crippen molar-refractivity contribution in [1.29, 1.82) is 0 Å². The standard InChI is InChI=1S/C18H21N3O4/c1-22-10-18-20-14(13-4-5-23-9-13)7-17(21-18)19-8-12-2-3-15-16(6-12)25-11-24-15/h2-3,6-7,13H,4-5,8-11H2,1H3,(H,19,20,21)/t13-/m0/s1. The van der Waals surface area contributed by atoms with Crippen molar-refractivity contribution in [2.24, 2.45) is 0 Å². The van der Waals surface area contributed by atoms with Gasteiger partial charge in [0.1, 0.15) is 12.4 Å². The largest absolute Gasteiger partial charge is 0.454 e. The highest BCUT2D eigenvalue weighted by molar-refractivity contribution is 5.46. The third kappa shape index (κ3) is 3.67. The van der Waals surface area contributed by atoms with Gasteiger partial charge in [-0.15, -0.1) is 0 Å². The summed E-state index contributed by atoms with van der Waals surface area (Å²) in [6, 6.07) is 7.93. The number of ether oxygens (including phenoxy) is 4. The number of aromatic nitrogens is 2. The molecule has 0 spiro atoms. The van der Waals surface area contributed by atoms with E-state index >= 15 is 0 Å². The van der Waals surface area contributed by atoms with Crippen LogP contribution in [-0.2, 0) is 22.6 Å². The second-order valence-corrected chi connectivity index (χ2v) is 6.13. The zero-order chi connectivity index (χ0) is 17.1. The average molecular weight is 343 g/mol. The normalized spacial score (nSPS) is 18.5. The van der Waals surface area contributed by atoms with Crippen molar-refractivity contribution in [2.75, 3.05) is 32.4 Å². The Balaban J connectivity index is 1.50. The zero-order valence-corrected chi connectivity index (χ0v) is 14.2. The molecule has 4 rings (SSSR count). The summed E-state index contributed by atoms with van der Waals surface area (Å²) >= 11 is 0. The lowest BCUT2D eigenvalue weighted by atomic mass is 10.0. The molecule has 0 aliphatic carbocycles. The van der Waals surface area contributed by atoms with Gasteiger partial charge in [-0.3, -0.25) is 0 Å². The van der Waals surface area contributed by atoms with Crippen molar-refractivity contribution in [1.82, 2.24) is 9.97 Å². The van der Waals surface area contributed by atoms with E-state index in [9.17, 15) is 0 Å². The molecule has 0 unspecified atom stereocenters. The van der Waals surface area contributed by atoms with Gasteiger partial charge in [-0.1, -0.05) is 6.07 Å². The summed E-state index contributed by atoms with van der Waals surface area (Å²) in [6.45, 7) is 2.81. The third-order valence-electron chi connectivity index (χ3n) is 4.32. The molecule has 0 amide bonds. The van der Waals surface area contributed by atoms with Crippen molar-refractivity contribution in [3.8, 4) is 11.5 Å². The maximum absolute atomic E-state index is 5.49. The van der Waals surface area contributed by atoms with E-state index in [1.165, 1.54) is 0 Å². The second-order valence-electron chi connectivity index (χ2n) is 6.13. The number of hydrogen-bond acceptors (Lipinski definition) is 7. The molecule has 1 N–H and O–H groups in total. The molecule has 2 aliphatic heterocycles. The minimum Gasteiger partial charge on any atom is -0.454 e. The Morgan fingerprint density at radius 2 is 2.12 bits per heavy atom. The van der Waals surface area contributed by atoms with Crippen LogP contribution in [0.25, 0.3) is 0 Å². The van der Waals surface area contributed by atoms with Crippen LogP contribution in [0.2, 0.25) is 0 Å². The molecule has 1 fully saturated rings. The van der Waals surface area contributed by atoms with Crippen LogP contribution in [0.3, 0.4) is 0 Å². The molecule has 1 atom stereocenters. The number of methoxy groups -OCH3 is 1. The lowest BCUT2D eigenvalue weighted by Crippen LogP contribution is -2.10. The first kappa shape index (κ1) is 16.1. The van der Waals surface area contributed by atoms with Crippen molar-refractivity contribution in [3.05, 3.63) is 41.3 Å². The molecular weight excluding hydrogens is 322 g/mol.